The van der Waals surface area contributed by atoms with Gasteiger partial charge in [0.25, 0.3) is 0 Å². The lowest BCUT2D eigenvalue weighted by Crippen LogP contribution is -2.50. The maximum Gasteiger partial charge on any atom is 0.355 e. The zero-order chi connectivity index (χ0) is 28.7. The predicted molar refractivity (Wildman–Crippen MR) is 164 cm³/mol. The molecule has 1 aliphatic heterocycles. The first kappa shape index (κ1) is 28.7. The highest BCUT2D eigenvalue weighted by molar-refractivity contribution is 9.10. The molecule has 2 aromatic heterocycles. The van der Waals surface area contributed by atoms with Crippen LogP contribution in [0.25, 0.3) is 0 Å². The van der Waals surface area contributed by atoms with Gasteiger partial charge < -0.3 is 25.3 Å². The number of fused-ring (bicyclic) bond motifs is 2. The van der Waals surface area contributed by atoms with Crippen molar-refractivity contribution in [3.8, 4) is 0 Å². The minimum Gasteiger partial charge on any atom is -0.456 e. The normalized spacial score (nSPS) is 28.2. The molecule has 8 nitrogen and oxygen atoms in total. The number of esters is 1. The van der Waals surface area contributed by atoms with Crippen LogP contribution in [0.1, 0.15) is 76.7 Å². The quantitative estimate of drug-likeness (QED) is 0.252. The Hall–Kier alpha value is -2.81. The molecule has 3 aliphatic rings. The van der Waals surface area contributed by atoms with Gasteiger partial charge in [-0.05, 0) is 95.7 Å². The molecular weight excluding hydrogens is 568 g/mol. The van der Waals surface area contributed by atoms with E-state index in [2.05, 4.69) is 80.5 Å². The first-order valence-corrected chi connectivity index (χ1v) is 15.2. The van der Waals surface area contributed by atoms with Crippen LogP contribution in [0.3, 0.4) is 0 Å². The van der Waals surface area contributed by atoms with Crippen molar-refractivity contribution in [3.05, 3.63) is 52.1 Å². The van der Waals surface area contributed by atoms with Crippen LogP contribution in [0.5, 0.6) is 0 Å². The molecule has 0 spiro atoms. The second-order valence-corrected chi connectivity index (χ2v) is 13.5. The molecule has 3 heterocycles. The molecule has 2 aromatic rings. The zero-order valence-electron chi connectivity index (χ0n) is 24.5. The van der Waals surface area contributed by atoms with Gasteiger partial charge in [-0.3, -0.25) is 0 Å². The van der Waals surface area contributed by atoms with Crippen LogP contribution >= 0.6 is 15.9 Å². The Bertz CT molecular complexity index is 1320. The maximum atomic E-state index is 12.7. The van der Waals surface area contributed by atoms with Gasteiger partial charge in [-0.25, -0.2) is 14.8 Å². The molecule has 3 N–H and O–H groups in total. The van der Waals surface area contributed by atoms with Gasteiger partial charge in [0.1, 0.15) is 24.3 Å². The predicted octanol–water partition coefficient (Wildman–Crippen LogP) is 6.73. The largest absolute Gasteiger partial charge is 0.456 e. The van der Waals surface area contributed by atoms with Crippen LogP contribution in [0.2, 0.25) is 0 Å². The Morgan fingerprint density at radius 1 is 1.32 bits per heavy atom. The van der Waals surface area contributed by atoms with Crippen LogP contribution in [0.15, 0.2) is 46.4 Å². The highest BCUT2D eigenvalue weighted by atomic mass is 79.9. The van der Waals surface area contributed by atoms with Crippen LogP contribution < -0.4 is 15.5 Å². The number of carbonyl (C=O) groups is 1. The molecule has 0 unspecified atom stereocenters. The number of carbonyl (C=O) groups excluding carboxylic acids is 1. The van der Waals surface area contributed by atoms with Gasteiger partial charge in [0, 0.05) is 24.3 Å². The Morgan fingerprint density at radius 3 is 2.88 bits per heavy atom. The molecule has 9 heteroatoms. The van der Waals surface area contributed by atoms with Gasteiger partial charge >= 0.3 is 5.97 Å². The van der Waals surface area contributed by atoms with Gasteiger partial charge in [-0.15, -0.1) is 0 Å². The number of nitrogen functional groups attached to an aromatic ring is 1. The second-order valence-electron chi connectivity index (χ2n) is 12.6. The van der Waals surface area contributed by atoms with E-state index in [0.29, 0.717) is 30.0 Å². The van der Waals surface area contributed by atoms with Gasteiger partial charge in [0.2, 0.25) is 0 Å². The minimum atomic E-state index is -0.301. The Morgan fingerprint density at radius 2 is 2.12 bits per heavy atom. The van der Waals surface area contributed by atoms with Crippen LogP contribution in [0, 0.1) is 22.7 Å². The number of allylic oxidation sites excluding steroid dienone is 2. The number of H-pyrrole nitrogens is 1. The van der Waals surface area contributed by atoms with E-state index in [1.165, 1.54) is 30.3 Å². The Balaban J connectivity index is 1.24. The highest BCUT2D eigenvalue weighted by Gasteiger charge is 2.53. The van der Waals surface area contributed by atoms with Crippen molar-refractivity contribution in [1.82, 2.24) is 15.0 Å². The van der Waals surface area contributed by atoms with Gasteiger partial charge in [0.05, 0.1) is 6.67 Å². The third kappa shape index (κ3) is 5.29. The maximum absolute atomic E-state index is 12.7. The Labute approximate surface area is 246 Å². The molecule has 1 saturated carbocycles. The molecule has 0 amide bonds. The number of rotatable bonds is 8. The fourth-order valence-electron chi connectivity index (χ4n) is 7.48. The number of halogens is 1. The summed E-state index contributed by atoms with van der Waals surface area (Å²) in [5.41, 5.74) is 10.6. The summed E-state index contributed by atoms with van der Waals surface area (Å²) in [5.74, 6) is 2.34. The highest BCUT2D eigenvalue weighted by Crippen LogP contribution is 2.62. The van der Waals surface area contributed by atoms with Crippen LogP contribution in [-0.2, 0) is 4.74 Å². The summed E-state index contributed by atoms with van der Waals surface area (Å²) in [5, 5.41) is 0. The topological polar surface area (TPSA) is 100 Å². The average molecular weight is 612 g/mol. The molecule has 40 heavy (non-hydrogen) atoms. The van der Waals surface area contributed by atoms with Crippen LogP contribution in [-0.4, -0.2) is 47.8 Å². The monoisotopic (exact) mass is 610 g/mol. The SMILES string of the molecule is C/C(=C\CN1CN(C)c2ncnc(N)c21)CC[C@]1(C)[C@H](C)CC[C@@]2(C)C(COC(=O)c3cc(Br)c[nH]3)=CCC[C@@H]12. The van der Waals surface area contributed by atoms with E-state index in [1.54, 1.807) is 12.3 Å². The number of ether oxygens (including phenoxy) is 1. The second kappa shape index (κ2) is 11.2. The first-order chi connectivity index (χ1) is 19.0. The number of hydrogen-bond acceptors (Lipinski definition) is 7. The fourth-order valence-corrected chi connectivity index (χ4v) is 7.82. The van der Waals surface area contributed by atoms with E-state index in [1.807, 2.05) is 7.05 Å². The summed E-state index contributed by atoms with van der Waals surface area (Å²) in [7, 11) is 2.04. The minimum absolute atomic E-state index is 0.0507. The van der Waals surface area contributed by atoms with E-state index in [-0.39, 0.29) is 16.8 Å². The lowest BCUT2D eigenvalue weighted by Gasteiger charge is -2.58. The van der Waals surface area contributed by atoms with E-state index < -0.39 is 0 Å². The molecule has 0 aromatic carbocycles. The standard InChI is InChI=1S/C31H43BrN6O2/c1-20(11-14-38-19-37(5)28-26(38)27(33)35-18-36-28)9-12-30(3)21(2)10-13-31(4)22(7-6-8-25(30)31)17-40-29(39)24-15-23(32)16-34-24/h7,11,15-16,18,21,25,34H,6,8-10,12-14,17,19H2,1-5H3,(H2,33,35,36)/b20-11+/t21-,25+,30-,31+/m1/s1. The molecule has 0 bridgehead atoms. The van der Waals surface area contributed by atoms with Crippen molar-refractivity contribution in [2.45, 2.75) is 66.2 Å². The Kier molecular flexibility index (Phi) is 8.06. The van der Waals surface area contributed by atoms with E-state index in [4.69, 9.17) is 10.5 Å². The van der Waals surface area contributed by atoms with Crippen molar-refractivity contribution >= 4 is 39.2 Å². The number of hydrogen-bond donors (Lipinski definition) is 2. The van der Waals surface area contributed by atoms with E-state index in [0.717, 1.165) is 54.9 Å². The van der Waals surface area contributed by atoms with Crippen LogP contribution in [0.4, 0.5) is 17.3 Å². The number of aromatic nitrogens is 3. The lowest BCUT2D eigenvalue weighted by molar-refractivity contribution is -0.0516. The number of nitrogens with one attached hydrogen (secondary N) is 1. The molecule has 2 aliphatic carbocycles. The van der Waals surface area contributed by atoms with Crippen molar-refractivity contribution in [1.29, 1.82) is 0 Å². The summed E-state index contributed by atoms with van der Waals surface area (Å²) in [4.78, 5) is 28.6. The summed E-state index contributed by atoms with van der Waals surface area (Å²) < 4.78 is 6.66. The third-order valence-electron chi connectivity index (χ3n) is 10.2. The smallest absolute Gasteiger partial charge is 0.355 e. The number of nitrogens with zero attached hydrogens (tertiary/aromatic N) is 4. The van der Waals surface area contributed by atoms with Gasteiger partial charge in [-0.2, -0.15) is 0 Å². The summed E-state index contributed by atoms with van der Waals surface area (Å²) in [6.07, 6.45) is 14.8. The number of nitrogens with two attached hydrogens (primary N) is 1. The molecule has 5 rings (SSSR count). The number of anilines is 3. The van der Waals surface area contributed by atoms with Crippen molar-refractivity contribution in [2.24, 2.45) is 22.7 Å². The third-order valence-corrected chi connectivity index (χ3v) is 10.7. The molecule has 216 valence electrons. The van der Waals surface area contributed by atoms with Gasteiger partial charge in [-0.1, -0.05) is 38.5 Å². The molecule has 4 atom stereocenters. The average Bonchev–Trinajstić information content (AvgIpc) is 3.51. The van der Waals surface area contributed by atoms with E-state index >= 15 is 0 Å². The van der Waals surface area contributed by atoms with Crippen molar-refractivity contribution < 1.29 is 9.53 Å². The lowest BCUT2D eigenvalue weighted by atomic mass is 9.47. The van der Waals surface area contributed by atoms with Gasteiger partial charge in [0.15, 0.2) is 11.6 Å². The number of aromatic amines is 1. The molecule has 0 saturated heterocycles. The summed E-state index contributed by atoms with van der Waals surface area (Å²) in [6.45, 7) is 11.6. The first-order valence-electron chi connectivity index (χ1n) is 14.5. The van der Waals surface area contributed by atoms with Crippen molar-refractivity contribution in [2.75, 3.05) is 42.4 Å². The van der Waals surface area contributed by atoms with Crippen molar-refractivity contribution in [3.63, 3.8) is 0 Å². The fraction of sp³-hybridized carbons (Fsp3) is 0.581. The summed E-state index contributed by atoms with van der Waals surface area (Å²) in [6, 6.07) is 1.76. The molecular formula is C31H43BrN6O2. The molecule has 0 radical (unpaired) electrons. The van der Waals surface area contributed by atoms with E-state index in [9.17, 15) is 4.79 Å². The zero-order valence-corrected chi connectivity index (χ0v) is 26.1. The molecule has 1 fully saturated rings. The summed E-state index contributed by atoms with van der Waals surface area (Å²) >= 11 is 3.39.